The Balaban J connectivity index is 0.000000726. The Kier molecular flexibility index (Phi) is 7.11. The van der Waals surface area contributed by atoms with Gasteiger partial charge in [-0.1, -0.05) is 13.8 Å². The number of ether oxygens (including phenoxy) is 1. The van der Waals surface area contributed by atoms with Crippen LogP contribution in [0, 0.1) is 12.7 Å². The molecule has 7 nitrogen and oxygen atoms in total. The Hall–Kier alpha value is -3.36. The third kappa shape index (κ3) is 3.67. The number of cyclic esters (lactones) is 1. The number of aromatic nitrogens is 2. The number of nitrogens with zero attached hydrogens (tertiary/aromatic N) is 2. The third-order valence-electron chi connectivity index (χ3n) is 7.24. The molecule has 0 saturated heterocycles. The Morgan fingerprint density at radius 1 is 1.19 bits per heavy atom. The molecule has 2 aromatic heterocycles. The molecule has 0 fully saturated rings. The van der Waals surface area contributed by atoms with E-state index >= 15 is 0 Å². The topological polar surface area (TPSA) is 102 Å². The van der Waals surface area contributed by atoms with Crippen LogP contribution in [0.25, 0.3) is 22.3 Å². The molecule has 3 aliphatic rings. The minimum atomic E-state index is -1.52. The molecular weight excluding hydrogens is 463 g/mol. The Bertz CT molecular complexity index is 1430. The highest BCUT2D eigenvalue weighted by molar-refractivity contribution is 5.93. The summed E-state index contributed by atoms with van der Waals surface area (Å²) >= 11 is 0. The number of aliphatic hydroxyl groups is 2. The van der Waals surface area contributed by atoms with Gasteiger partial charge in [0.15, 0.2) is 6.10 Å². The van der Waals surface area contributed by atoms with Crippen molar-refractivity contribution in [3.8, 4) is 11.4 Å². The van der Waals surface area contributed by atoms with Crippen LogP contribution in [-0.4, -0.2) is 32.3 Å². The highest BCUT2D eigenvalue weighted by atomic mass is 19.1. The highest BCUT2D eigenvalue weighted by Crippen LogP contribution is 2.46. The average molecular weight is 495 g/mol. The quantitative estimate of drug-likeness (QED) is 0.320. The predicted octanol–water partition coefficient (Wildman–Crippen LogP) is 4.20. The van der Waals surface area contributed by atoms with Crippen molar-refractivity contribution in [3.63, 3.8) is 0 Å². The zero-order chi connectivity index (χ0) is 26.3. The Labute approximate surface area is 208 Å². The van der Waals surface area contributed by atoms with Gasteiger partial charge < -0.3 is 19.5 Å². The summed E-state index contributed by atoms with van der Waals surface area (Å²) < 4.78 is 21.3. The number of rotatable bonds is 2. The zero-order valence-corrected chi connectivity index (χ0v) is 20.9. The number of benzene rings is 1. The fourth-order valence-electron chi connectivity index (χ4n) is 5.64. The van der Waals surface area contributed by atoms with Crippen LogP contribution in [0.1, 0.15) is 72.1 Å². The van der Waals surface area contributed by atoms with Crippen molar-refractivity contribution < 1.29 is 24.1 Å². The number of aryl methyl sites for hydroxylation is 1. The van der Waals surface area contributed by atoms with Gasteiger partial charge in [-0.2, -0.15) is 0 Å². The smallest absolute Gasteiger partial charge is 0.340 e. The van der Waals surface area contributed by atoms with Crippen molar-refractivity contribution in [1.82, 2.24) is 9.55 Å². The van der Waals surface area contributed by atoms with E-state index in [1.807, 2.05) is 13.8 Å². The van der Waals surface area contributed by atoms with Gasteiger partial charge in [-0.05, 0) is 54.9 Å². The standard InChI is InChI=1S/C24H21FN2O5.C2H6.C2H4/c1-10-12-3-2-11(4-5-28)19-14-8-27-18(21(14)26-17(20(12)19)7-16(10)25)6-13-15(23(27)30)9-32-24(31)22(13)29;2*1-2/h6-7,11,22,28-29H,2-5,8-9H2,1H3;1-2H3;1-2H2. The average Bonchev–Trinajstić information content (AvgIpc) is 3.27. The summed E-state index contributed by atoms with van der Waals surface area (Å²) in [6.07, 6.45) is 0.552. The monoisotopic (exact) mass is 494 g/mol. The summed E-state index contributed by atoms with van der Waals surface area (Å²) in [6, 6.07) is 3.07. The maximum atomic E-state index is 14.7. The number of halogens is 1. The van der Waals surface area contributed by atoms with E-state index in [4.69, 9.17) is 9.72 Å². The SMILES string of the molecule is C=C.CC.Cc1c(F)cc2nc3c(c4c2c1CCC4CCO)Cn1c-3cc2c(c1=O)COC(=O)C2O. The number of hydrogen-bond donors (Lipinski definition) is 2. The van der Waals surface area contributed by atoms with E-state index in [0.717, 1.165) is 28.5 Å². The van der Waals surface area contributed by atoms with Gasteiger partial charge in [0, 0.05) is 29.2 Å². The van der Waals surface area contributed by atoms with Gasteiger partial charge in [0.2, 0.25) is 0 Å². The summed E-state index contributed by atoms with van der Waals surface area (Å²) in [4.78, 5) is 29.9. The van der Waals surface area contributed by atoms with Crippen LogP contribution in [0.5, 0.6) is 0 Å². The molecule has 0 saturated carbocycles. The molecule has 1 aromatic carbocycles. The lowest BCUT2D eigenvalue weighted by Gasteiger charge is -2.28. The molecule has 0 spiro atoms. The zero-order valence-electron chi connectivity index (χ0n) is 20.9. The fraction of sp³-hybridized carbons (Fsp3) is 0.393. The van der Waals surface area contributed by atoms with Gasteiger partial charge in [-0.3, -0.25) is 4.79 Å². The molecule has 190 valence electrons. The van der Waals surface area contributed by atoms with Crippen LogP contribution in [-0.2, 0) is 29.1 Å². The van der Waals surface area contributed by atoms with E-state index in [2.05, 4.69) is 13.2 Å². The van der Waals surface area contributed by atoms with E-state index in [0.29, 0.717) is 41.9 Å². The van der Waals surface area contributed by atoms with Gasteiger partial charge in [-0.15, -0.1) is 13.2 Å². The molecule has 6 rings (SSSR count). The van der Waals surface area contributed by atoms with Crippen LogP contribution >= 0.6 is 0 Å². The number of aliphatic hydroxyl groups excluding tert-OH is 2. The first-order chi connectivity index (χ1) is 17.4. The number of carbonyl (C=O) groups is 1. The summed E-state index contributed by atoms with van der Waals surface area (Å²) in [6.45, 7) is 11.9. The van der Waals surface area contributed by atoms with Crippen LogP contribution in [0.3, 0.4) is 0 Å². The number of hydrogen-bond acceptors (Lipinski definition) is 6. The molecule has 2 atom stereocenters. The molecule has 1 aliphatic carbocycles. The largest absolute Gasteiger partial charge is 0.458 e. The van der Waals surface area contributed by atoms with Crippen LogP contribution in [0.15, 0.2) is 30.1 Å². The minimum Gasteiger partial charge on any atom is -0.458 e. The first-order valence-electron chi connectivity index (χ1n) is 12.3. The van der Waals surface area contributed by atoms with Gasteiger partial charge in [-0.25, -0.2) is 14.2 Å². The second kappa shape index (κ2) is 9.95. The van der Waals surface area contributed by atoms with E-state index in [9.17, 15) is 24.2 Å². The first kappa shape index (κ1) is 25.7. The van der Waals surface area contributed by atoms with Gasteiger partial charge in [0.1, 0.15) is 12.4 Å². The molecule has 3 aromatic rings. The van der Waals surface area contributed by atoms with E-state index in [1.54, 1.807) is 17.6 Å². The first-order valence-corrected chi connectivity index (χ1v) is 12.3. The second-order valence-electron chi connectivity index (χ2n) is 8.82. The lowest BCUT2D eigenvalue weighted by atomic mass is 9.77. The van der Waals surface area contributed by atoms with Crippen LogP contribution in [0.4, 0.5) is 4.39 Å². The van der Waals surface area contributed by atoms with Crippen molar-refractivity contribution >= 4 is 16.9 Å². The minimum absolute atomic E-state index is 0.0333. The maximum Gasteiger partial charge on any atom is 0.340 e. The number of esters is 1. The molecule has 2 aliphatic heterocycles. The van der Waals surface area contributed by atoms with Gasteiger partial charge in [0.05, 0.1) is 29.0 Å². The molecule has 0 amide bonds. The highest BCUT2D eigenvalue weighted by Gasteiger charge is 2.37. The molecular formula is C28H31FN2O5. The summed E-state index contributed by atoms with van der Waals surface area (Å²) in [7, 11) is 0. The Morgan fingerprint density at radius 3 is 2.61 bits per heavy atom. The predicted molar refractivity (Wildman–Crippen MR) is 135 cm³/mol. The molecule has 8 heteroatoms. The normalized spacial score (nSPS) is 18.7. The van der Waals surface area contributed by atoms with Gasteiger partial charge >= 0.3 is 5.97 Å². The summed E-state index contributed by atoms with van der Waals surface area (Å²) in [5.74, 6) is -1.02. The summed E-state index contributed by atoms with van der Waals surface area (Å²) in [5.41, 5.74) is 5.25. The maximum absolute atomic E-state index is 14.7. The van der Waals surface area contributed by atoms with E-state index in [1.165, 1.54) is 6.07 Å². The molecule has 0 radical (unpaired) electrons. The lowest BCUT2D eigenvalue weighted by molar-refractivity contribution is -0.157. The van der Waals surface area contributed by atoms with Crippen molar-refractivity contribution in [2.75, 3.05) is 6.61 Å². The molecule has 36 heavy (non-hydrogen) atoms. The van der Waals surface area contributed by atoms with Gasteiger partial charge in [0.25, 0.3) is 5.56 Å². The summed E-state index contributed by atoms with van der Waals surface area (Å²) in [5, 5.41) is 20.9. The van der Waals surface area contributed by atoms with Crippen molar-refractivity contribution in [2.45, 2.75) is 65.2 Å². The van der Waals surface area contributed by atoms with Crippen LogP contribution in [0.2, 0.25) is 0 Å². The molecule has 2 unspecified atom stereocenters. The van der Waals surface area contributed by atoms with Crippen molar-refractivity contribution in [2.24, 2.45) is 0 Å². The number of carbonyl (C=O) groups excluding carboxylic acids is 1. The Morgan fingerprint density at radius 2 is 1.92 bits per heavy atom. The van der Waals surface area contributed by atoms with E-state index < -0.39 is 12.1 Å². The van der Waals surface area contributed by atoms with Crippen LogP contribution < -0.4 is 5.56 Å². The lowest BCUT2D eigenvalue weighted by Crippen LogP contribution is -2.32. The van der Waals surface area contributed by atoms with E-state index in [-0.39, 0.29) is 41.6 Å². The number of pyridine rings is 2. The molecule has 2 N–H and O–H groups in total. The van der Waals surface area contributed by atoms with Crippen molar-refractivity contribution in [3.05, 3.63) is 74.8 Å². The molecule has 0 bridgehead atoms. The number of fused-ring (bicyclic) bond motifs is 5. The second-order valence-corrected chi connectivity index (χ2v) is 8.82. The van der Waals surface area contributed by atoms with Crippen molar-refractivity contribution in [1.29, 1.82) is 0 Å². The fourth-order valence-corrected chi connectivity index (χ4v) is 5.64. The molecule has 4 heterocycles. The third-order valence-corrected chi connectivity index (χ3v) is 7.24.